The number of halogens is 1. The third-order valence-electron chi connectivity index (χ3n) is 7.76. The van der Waals surface area contributed by atoms with E-state index in [-0.39, 0.29) is 36.2 Å². The topological polar surface area (TPSA) is 105 Å². The second-order valence-electron chi connectivity index (χ2n) is 10.9. The lowest BCUT2D eigenvalue weighted by Gasteiger charge is -2.34. The van der Waals surface area contributed by atoms with Crippen molar-refractivity contribution in [1.82, 2.24) is 10.2 Å². The van der Waals surface area contributed by atoms with Crippen LogP contribution >= 0.6 is 0 Å². The Labute approximate surface area is 251 Å². The average Bonchev–Trinajstić information content (AvgIpc) is 3.51. The second-order valence-corrected chi connectivity index (χ2v) is 12.8. The first-order chi connectivity index (χ1) is 20.7. The fourth-order valence-corrected chi connectivity index (χ4v) is 6.37. The van der Waals surface area contributed by atoms with Crippen LogP contribution < -0.4 is 19.1 Å². The number of fused-ring (bicyclic) bond motifs is 1. The van der Waals surface area contributed by atoms with Gasteiger partial charge in [0.05, 0.1) is 11.9 Å². The van der Waals surface area contributed by atoms with E-state index < -0.39 is 34.3 Å². The van der Waals surface area contributed by atoms with Gasteiger partial charge in [-0.15, -0.1) is 0 Å². The summed E-state index contributed by atoms with van der Waals surface area (Å²) in [6, 6.07) is 18.9. The molecular formula is C32H36FN3O6S. The number of nitrogens with zero attached hydrogens (tertiary/aromatic N) is 2. The van der Waals surface area contributed by atoms with Gasteiger partial charge in [0.15, 0.2) is 11.5 Å². The highest BCUT2D eigenvalue weighted by Crippen LogP contribution is 2.35. The van der Waals surface area contributed by atoms with Crippen LogP contribution in [0.15, 0.2) is 72.8 Å². The van der Waals surface area contributed by atoms with Crippen LogP contribution in [0.1, 0.15) is 36.8 Å². The molecule has 228 valence electrons. The van der Waals surface area contributed by atoms with Crippen molar-refractivity contribution in [3.8, 4) is 11.5 Å². The molecule has 0 saturated heterocycles. The van der Waals surface area contributed by atoms with Crippen LogP contribution in [0.5, 0.6) is 11.5 Å². The van der Waals surface area contributed by atoms with Gasteiger partial charge in [0.25, 0.3) is 0 Å². The number of hydrogen-bond acceptors (Lipinski definition) is 6. The Kier molecular flexibility index (Phi) is 9.49. The zero-order valence-corrected chi connectivity index (χ0v) is 24.9. The first-order valence-corrected chi connectivity index (χ1v) is 16.3. The molecular weight excluding hydrogens is 573 g/mol. The summed E-state index contributed by atoms with van der Waals surface area (Å²) in [5, 5.41) is 3.10. The monoisotopic (exact) mass is 609 g/mol. The number of carbonyl (C=O) groups excluding carboxylic acids is 2. The van der Waals surface area contributed by atoms with E-state index in [1.165, 1.54) is 23.1 Å². The smallest absolute Gasteiger partial charge is 0.244 e. The molecule has 5 rings (SSSR count). The Morgan fingerprint density at radius 1 is 0.953 bits per heavy atom. The molecule has 43 heavy (non-hydrogen) atoms. The molecule has 2 aliphatic rings. The largest absolute Gasteiger partial charge is 0.486 e. The van der Waals surface area contributed by atoms with Gasteiger partial charge in [-0.2, -0.15) is 0 Å². The molecule has 1 fully saturated rings. The van der Waals surface area contributed by atoms with E-state index in [2.05, 4.69) is 5.32 Å². The molecule has 9 nitrogen and oxygen atoms in total. The maximum Gasteiger partial charge on any atom is 0.244 e. The molecule has 1 N–H and O–H groups in total. The quantitative estimate of drug-likeness (QED) is 0.352. The van der Waals surface area contributed by atoms with E-state index in [4.69, 9.17) is 9.47 Å². The highest BCUT2D eigenvalue weighted by molar-refractivity contribution is 7.92. The van der Waals surface area contributed by atoms with Crippen LogP contribution in [0.3, 0.4) is 0 Å². The van der Waals surface area contributed by atoms with Gasteiger partial charge in [0.2, 0.25) is 21.8 Å². The van der Waals surface area contributed by atoms with E-state index in [9.17, 15) is 22.4 Å². The van der Waals surface area contributed by atoms with Crippen LogP contribution in [0, 0.1) is 5.82 Å². The van der Waals surface area contributed by atoms with Gasteiger partial charge in [-0.1, -0.05) is 61.4 Å². The minimum atomic E-state index is -3.96. The van der Waals surface area contributed by atoms with Gasteiger partial charge in [-0.25, -0.2) is 12.8 Å². The summed E-state index contributed by atoms with van der Waals surface area (Å²) in [5.41, 5.74) is 1.24. The Morgan fingerprint density at radius 2 is 1.63 bits per heavy atom. The number of hydrogen-bond donors (Lipinski definition) is 1. The van der Waals surface area contributed by atoms with Crippen LogP contribution in [-0.4, -0.2) is 63.2 Å². The molecule has 1 heterocycles. The zero-order chi connectivity index (χ0) is 30.4. The third kappa shape index (κ3) is 7.64. The van der Waals surface area contributed by atoms with Crippen molar-refractivity contribution < 1.29 is 31.9 Å². The van der Waals surface area contributed by atoms with Crippen molar-refractivity contribution in [3.63, 3.8) is 0 Å². The molecule has 1 unspecified atom stereocenters. The predicted octanol–water partition coefficient (Wildman–Crippen LogP) is 4.06. The van der Waals surface area contributed by atoms with Crippen molar-refractivity contribution in [1.29, 1.82) is 0 Å². The maximum atomic E-state index is 14.9. The second kappa shape index (κ2) is 13.5. The Bertz CT molecular complexity index is 1550. The third-order valence-corrected chi connectivity index (χ3v) is 8.90. The fourth-order valence-electron chi connectivity index (χ4n) is 5.53. The van der Waals surface area contributed by atoms with Crippen LogP contribution in [0.2, 0.25) is 0 Å². The van der Waals surface area contributed by atoms with E-state index in [0.717, 1.165) is 41.8 Å². The number of rotatable bonds is 11. The van der Waals surface area contributed by atoms with Crippen molar-refractivity contribution in [2.75, 3.05) is 30.3 Å². The van der Waals surface area contributed by atoms with Gasteiger partial charge < -0.3 is 19.7 Å². The van der Waals surface area contributed by atoms with E-state index in [1.54, 1.807) is 24.3 Å². The van der Waals surface area contributed by atoms with Gasteiger partial charge in [-0.3, -0.25) is 13.9 Å². The molecule has 0 bridgehead atoms. The molecule has 1 saturated carbocycles. The van der Waals surface area contributed by atoms with Crippen molar-refractivity contribution in [2.45, 2.75) is 50.7 Å². The van der Waals surface area contributed by atoms with Crippen LogP contribution in [0.4, 0.5) is 10.1 Å². The number of benzene rings is 3. The Hall–Kier alpha value is -4.12. The van der Waals surface area contributed by atoms with Crippen molar-refractivity contribution >= 4 is 27.5 Å². The maximum absolute atomic E-state index is 14.9. The van der Waals surface area contributed by atoms with Crippen LogP contribution in [-0.2, 0) is 32.6 Å². The standard InChI is InChI=1S/C32H36FN3O6S/c1-43(39,40)36(26-15-16-29-30(20-26)42-18-17-41-29)22-31(37)35(21-24-11-5-8-14-27(24)33)28(19-23-9-3-2-4-10-23)32(38)34-25-12-6-7-13-25/h2-5,8-11,14-16,20,25,28H,6-7,12-13,17-19,21-22H2,1H3,(H,34,38). The number of nitrogens with one attached hydrogen (secondary N) is 1. The minimum Gasteiger partial charge on any atom is -0.486 e. The van der Waals surface area contributed by atoms with E-state index >= 15 is 0 Å². The lowest BCUT2D eigenvalue weighted by molar-refractivity contribution is -0.140. The molecule has 1 aliphatic carbocycles. The lowest BCUT2D eigenvalue weighted by atomic mass is 10.0. The van der Waals surface area contributed by atoms with Crippen molar-refractivity contribution in [3.05, 3.63) is 89.7 Å². The van der Waals surface area contributed by atoms with Gasteiger partial charge >= 0.3 is 0 Å². The molecule has 0 aromatic heterocycles. The van der Waals surface area contributed by atoms with E-state index in [1.807, 2.05) is 30.3 Å². The number of amides is 2. The Morgan fingerprint density at radius 3 is 2.33 bits per heavy atom. The Balaban J connectivity index is 1.51. The van der Waals surface area contributed by atoms with Crippen LogP contribution in [0.25, 0.3) is 0 Å². The van der Waals surface area contributed by atoms with Gasteiger partial charge in [0.1, 0.15) is 31.6 Å². The number of sulfonamides is 1. The summed E-state index contributed by atoms with van der Waals surface area (Å²) < 4.78 is 53.2. The summed E-state index contributed by atoms with van der Waals surface area (Å²) >= 11 is 0. The molecule has 2 amide bonds. The molecule has 1 atom stereocenters. The molecule has 0 radical (unpaired) electrons. The summed E-state index contributed by atoms with van der Waals surface area (Å²) in [6.07, 6.45) is 4.87. The summed E-state index contributed by atoms with van der Waals surface area (Å²) in [6.45, 7) is -0.145. The highest BCUT2D eigenvalue weighted by atomic mass is 32.2. The highest BCUT2D eigenvalue weighted by Gasteiger charge is 2.35. The summed E-state index contributed by atoms with van der Waals surface area (Å²) in [7, 11) is -3.96. The molecule has 3 aromatic rings. The summed E-state index contributed by atoms with van der Waals surface area (Å²) in [4.78, 5) is 29.4. The molecule has 11 heteroatoms. The van der Waals surface area contributed by atoms with Gasteiger partial charge in [0, 0.05) is 30.6 Å². The summed E-state index contributed by atoms with van der Waals surface area (Å²) in [5.74, 6) is -0.688. The SMILES string of the molecule is CS(=O)(=O)N(CC(=O)N(Cc1ccccc1F)C(Cc1ccccc1)C(=O)NC1CCCC1)c1ccc2c(c1)OCCO2. The zero-order valence-electron chi connectivity index (χ0n) is 24.1. The van der Waals surface area contributed by atoms with E-state index in [0.29, 0.717) is 24.7 Å². The molecule has 0 spiro atoms. The predicted molar refractivity (Wildman–Crippen MR) is 161 cm³/mol. The molecule has 1 aliphatic heterocycles. The molecule has 3 aromatic carbocycles. The first kappa shape index (κ1) is 30.3. The normalized spacial score (nSPS) is 15.5. The average molecular weight is 610 g/mol. The van der Waals surface area contributed by atoms with Gasteiger partial charge in [-0.05, 0) is 36.6 Å². The lowest BCUT2D eigenvalue weighted by Crippen LogP contribution is -2.54. The van der Waals surface area contributed by atoms with Crippen molar-refractivity contribution in [2.24, 2.45) is 0 Å². The number of ether oxygens (including phenoxy) is 2. The fraction of sp³-hybridized carbons (Fsp3) is 0.375. The number of carbonyl (C=O) groups is 2. The first-order valence-electron chi connectivity index (χ1n) is 14.4. The number of anilines is 1. The minimum absolute atomic E-state index is 0.0126.